The standard InChI is InChI=1S/C20H19F4NO2S/c1-13-4-2-3-5-17(13)28-18-12-15(21)6-7-16(18)14-8-10-25(11-9-14)27-19(26)20(22,23)24/h2-7,12,14H,8-11H2,1H3. The van der Waals surface area contributed by atoms with Gasteiger partial charge in [0.25, 0.3) is 0 Å². The zero-order valence-corrected chi connectivity index (χ0v) is 15.9. The molecule has 28 heavy (non-hydrogen) atoms. The number of halogens is 4. The number of hydrogen-bond donors (Lipinski definition) is 0. The zero-order valence-electron chi connectivity index (χ0n) is 15.1. The molecule has 1 aliphatic heterocycles. The summed E-state index contributed by atoms with van der Waals surface area (Å²) in [7, 11) is 0. The van der Waals surface area contributed by atoms with Crippen LogP contribution >= 0.6 is 11.8 Å². The highest BCUT2D eigenvalue weighted by Crippen LogP contribution is 2.39. The molecule has 0 saturated carbocycles. The maximum Gasteiger partial charge on any atom is 0.492 e. The van der Waals surface area contributed by atoms with Gasteiger partial charge < -0.3 is 4.84 Å². The molecule has 1 aliphatic rings. The molecule has 1 heterocycles. The Labute approximate surface area is 164 Å². The van der Waals surface area contributed by atoms with Gasteiger partial charge in [-0.15, -0.1) is 5.06 Å². The van der Waals surface area contributed by atoms with Gasteiger partial charge in [-0.2, -0.15) is 13.2 Å². The molecule has 0 aliphatic carbocycles. The number of piperidine rings is 1. The minimum absolute atomic E-state index is 0.0490. The number of nitrogens with zero attached hydrogens (tertiary/aromatic N) is 1. The fraction of sp³-hybridized carbons (Fsp3) is 0.350. The first-order chi connectivity index (χ1) is 13.2. The van der Waals surface area contributed by atoms with Crippen molar-refractivity contribution >= 4 is 17.7 Å². The summed E-state index contributed by atoms with van der Waals surface area (Å²) < 4.78 is 50.9. The van der Waals surface area contributed by atoms with Crippen LogP contribution in [-0.4, -0.2) is 30.3 Å². The summed E-state index contributed by atoms with van der Waals surface area (Å²) in [5, 5.41) is 1.05. The van der Waals surface area contributed by atoms with Crippen LogP contribution in [0.5, 0.6) is 0 Å². The van der Waals surface area contributed by atoms with Crippen LogP contribution < -0.4 is 0 Å². The number of hydroxylamine groups is 2. The third-order valence-electron chi connectivity index (χ3n) is 4.63. The van der Waals surface area contributed by atoms with Gasteiger partial charge in [0.1, 0.15) is 5.82 Å². The lowest BCUT2D eigenvalue weighted by Gasteiger charge is -2.31. The van der Waals surface area contributed by atoms with Crippen molar-refractivity contribution in [1.82, 2.24) is 5.06 Å². The molecule has 0 aromatic heterocycles. The van der Waals surface area contributed by atoms with Crippen LogP contribution in [-0.2, 0) is 9.63 Å². The minimum atomic E-state index is -5.01. The normalized spacial score (nSPS) is 16.2. The fourth-order valence-electron chi connectivity index (χ4n) is 3.15. The average molecular weight is 413 g/mol. The molecule has 3 rings (SSSR count). The van der Waals surface area contributed by atoms with Gasteiger partial charge in [0.05, 0.1) is 0 Å². The molecule has 2 aromatic rings. The van der Waals surface area contributed by atoms with E-state index < -0.39 is 12.1 Å². The van der Waals surface area contributed by atoms with Crippen molar-refractivity contribution in [2.75, 3.05) is 13.1 Å². The highest BCUT2D eigenvalue weighted by atomic mass is 32.2. The average Bonchev–Trinajstić information content (AvgIpc) is 2.64. The van der Waals surface area contributed by atoms with Gasteiger partial charge in [-0.3, -0.25) is 0 Å². The van der Waals surface area contributed by atoms with Crippen LogP contribution in [0, 0.1) is 12.7 Å². The molecule has 0 spiro atoms. The van der Waals surface area contributed by atoms with Crippen molar-refractivity contribution in [1.29, 1.82) is 0 Å². The Hall–Kier alpha value is -2.06. The molecular formula is C20H19F4NO2S. The molecule has 0 radical (unpaired) electrons. The van der Waals surface area contributed by atoms with Gasteiger partial charge in [-0.1, -0.05) is 36.0 Å². The quantitative estimate of drug-likeness (QED) is 0.621. The molecule has 8 heteroatoms. The third-order valence-corrected chi connectivity index (χ3v) is 5.88. The van der Waals surface area contributed by atoms with Crippen molar-refractivity contribution in [3.8, 4) is 0 Å². The van der Waals surface area contributed by atoms with Crippen molar-refractivity contribution in [2.45, 2.75) is 41.7 Å². The summed E-state index contributed by atoms with van der Waals surface area (Å²) >= 11 is 1.48. The van der Waals surface area contributed by atoms with Crippen LogP contribution in [0.15, 0.2) is 52.3 Å². The van der Waals surface area contributed by atoms with Crippen molar-refractivity contribution in [3.63, 3.8) is 0 Å². The highest BCUT2D eigenvalue weighted by Gasteiger charge is 2.43. The van der Waals surface area contributed by atoms with Gasteiger partial charge >= 0.3 is 12.1 Å². The first-order valence-corrected chi connectivity index (χ1v) is 9.62. The molecule has 0 N–H and O–H groups in total. The lowest BCUT2D eigenvalue weighted by atomic mass is 9.90. The Bertz CT molecular complexity index is 848. The molecule has 1 saturated heterocycles. The lowest BCUT2D eigenvalue weighted by Crippen LogP contribution is -2.39. The molecule has 1 fully saturated rings. The Kier molecular flexibility index (Phi) is 6.30. The van der Waals surface area contributed by atoms with Crippen LogP contribution in [0.2, 0.25) is 0 Å². The molecule has 0 bridgehead atoms. The Balaban J connectivity index is 1.71. The monoisotopic (exact) mass is 413 g/mol. The van der Waals surface area contributed by atoms with Crippen LogP contribution in [0.1, 0.15) is 29.9 Å². The number of carbonyl (C=O) groups excluding carboxylic acids is 1. The maximum absolute atomic E-state index is 13.8. The van der Waals surface area contributed by atoms with E-state index >= 15 is 0 Å². The summed E-state index contributed by atoms with van der Waals surface area (Å²) in [6, 6.07) is 12.4. The topological polar surface area (TPSA) is 29.5 Å². The smallest absolute Gasteiger partial charge is 0.361 e. The Morgan fingerprint density at radius 2 is 1.79 bits per heavy atom. The lowest BCUT2D eigenvalue weighted by molar-refractivity contribution is -0.241. The van der Waals surface area contributed by atoms with Crippen molar-refractivity contribution < 1.29 is 27.2 Å². The highest BCUT2D eigenvalue weighted by molar-refractivity contribution is 7.99. The molecular weight excluding hydrogens is 394 g/mol. The minimum Gasteiger partial charge on any atom is -0.361 e. The van der Waals surface area contributed by atoms with Crippen LogP contribution in [0.3, 0.4) is 0 Å². The first-order valence-electron chi connectivity index (χ1n) is 8.81. The summed E-state index contributed by atoms with van der Waals surface area (Å²) in [5.74, 6) is -2.49. The number of benzene rings is 2. The zero-order chi connectivity index (χ0) is 20.3. The van der Waals surface area contributed by atoms with Crippen LogP contribution in [0.25, 0.3) is 0 Å². The van der Waals surface area contributed by atoms with Gasteiger partial charge in [-0.25, -0.2) is 9.18 Å². The summed E-state index contributed by atoms with van der Waals surface area (Å²) in [4.78, 5) is 17.2. The largest absolute Gasteiger partial charge is 0.492 e. The second-order valence-corrected chi connectivity index (χ2v) is 7.71. The van der Waals surface area contributed by atoms with Crippen molar-refractivity contribution in [3.05, 3.63) is 59.4 Å². The third kappa shape index (κ3) is 5.05. The molecule has 150 valence electrons. The number of alkyl halides is 3. The number of aryl methyl sites for hydroxylation is 1. The predicted molar refractivity (Wildman–Crippen MR) is 97.4 cm³/mol. The van der Waals surface area contributed by atoms with E-state index in [2.05, 4.69) is 4.84 Å². The Morgan fingerprint density at radius 3 is 2.43 bits per heavy atom. The van der Waals surface area contributed by atoms with E-state index in [-0.39, 0.29) is 24.8 Å². The summed E-state index contributed by atoms with van der Waals surface area (Å²) in [5.41, 5.74) is 2.04. The summed E-state index contributed by atoms with van der Waals surface area (Å²) in [6.45, 7) is 2.37. The number of hydrogen-bond acceptors (Lipinski definition) is 4. The van der Waals surface area contributed by atoms with Gasteiger partial charge in [-0.05, 0) is 55.0 Å². The predicted octanol–water partition coefficient (Wildman–Crippen LogP) is 5.49. The number of carbonyl (C=O) groups is 1. The van der Waals surface area contributed by atoms with Crippen molar-refractivity contribution in [2.24, 2.45) is 0 Å². The molecule has 0 amide bonds. The maximum atomic E-state index is 13.8. The van der Waals surface area contributed by atoms with E-state index in [1.807, 2.05) is 31.2 Å². The van der Waals surface area contributed by atoms with E-state index in [0.717, 1.165) is 26.0 Å². The van der Waals surface area contributed by atoms with E-state index in [0.29, 0.717) is 12.8 Å². The molecule has 3 nitrogen and oxygen atoms in total. The fourth-order valence-corrected chi connectivity index (χ4v) is 4.29. The SMILES string of the molecule is Cc1ccccc1Sc1cc(F)ccc1C1CCN(OC(=O)C(F)(F)F)CC1. The van der Waals surface area contributed by atoms with Gasteiger partial charge in [0.15, 0.2) is 0 Å². The first kappa shape index (κ1) is 20.7. The van der Waals surface area contributed by atoms with E-state index in [1.54, 1.807) is 6.07 Å². The van der Waals surface area contributed by atoms with E-state index in [9.17, 15) is 22.4 Å². The van der Waals surface area contributed by atoms with E-state index in [1.165, 1.54) is 23.9 Å². The van der Waals surface area contributed by atoms with Gasteiger partial charge in [0, 0.05) is 22.9 Å². The number of rotatable bonds is 4. The molecule has 0 unspecified atom stereocenters. The second kappa shape index (κ2) is 8.53. The van der Waals surface area contributed by atoms with E-state index in [4.69, 9.17) is 0 Å². The van der Waals surface area contributed by atoms with Gasteiger partial charge in [0.2, 0.25) is 0 Å². The Morgan fingerprint density at radius 1 is 1.11 bits per heavy atom. The second-order valence-electron chi connectivity index (χ2n) is 6.63. The molecule has 2 aromatic carbocycles. The summed E-state index contributed by atoms with van der Waals surface area (Å²) in [6.07, 6.45) is -3.98. The molecule has 0 atom stereocenters. The van der Waals surface area contributed by atoms with Crippen LogP contribution in [0.4, 0.5) is 17.6 Å².